The van der Waals surface area contributed by atoms with Crippen molar-refractivity contribution < 1.29 is 0 Å². The Balaban J connectivity index is 2.41. The molecule has 0 amide bonds. The van der Waals surface area contributed by atoms with Gasteiger partial charge in [-0.2, -0.15) is 26.3 Å². The fourth-order valence-corrected chi connectivity index (χ4v) is 3.24. The van der Waals surface area contributed by atoms with Gasteiger partial charge in [0.15, 0.2) is 11.4 Å². The van der Waals surface area contributed by atoms with Gasteiger partial charge in [-0.15, -0.1) is 0 Å². The zero-order valence-corrected chi connectivity index (χ0v) is 14.8. The van der Waals surface area contributed by atoms with Crippen molar-refractivity contribution in [3.05, 3.63) is 52.0 Å². The van der Waals surface area contributed by atoms with Crippen molar-refractivity contribution in [1.29, 1.82) is 26.3 Å². The number of fused-ring (bicyclic) bond motifs is 6. The van der Waals surface area contributed by atoms with Gasteiger partial charge in [-0.05, 0) is 25.1 Å². The molecule has 0 aliphatic heterocycles. The first-order chi connectivity index (χ1) is 14.1. The van der Waals surface area contributed by atoms with Gasteiger partial charge in [0, 0.05) is 16.2 Å². The van der Waals surface area contributed by atoms with Crippen LogP contribution in [0, 0.1) is 63.6 Å². The summed E-state index contributed by atoms with van der Waals surface area (Å²) in [5, 5.41) is 48.3. The number of aromatic nitrogens is 3. The zero-order valence-electron chi connectivity index (χ0n) is 14.8. The summed E-state index contributed by atoms with van der Waals surface area (Å²) in [4.78, 5) is 13.2. The van der Waals surface area contributed by atoms with Crippen molar-refractivity contribution in [3.8, 4) is 30.3 Å². The summed E-state index contributed by atoms with van der Waals surface area (Å²) in [6.07, 6.45) is 0. The van der Waals surface area contributed by atoms with E-state index in [1.54, 1.807) is 13.0 Å². The highest BCUT2D eigenvalue weighted by atomic mass is 14.8. The zero-order chi connectivity index (χ0) is 20.7. The molecule has 0 spiro atoms. The number of pyridine rings is 3. The molecule has 8 nitrogen and oxygen atoms in total. The van der Waals surface area contributed by atoms with Gasteiger partial charge < -0.3 is 0 Å². The molecular formula is C21H6N8. The second-order valence-electron chi connectivity index (χ2n) is 6.14. The lowest BCUT2D eigenvalue weighted by molar-refractivity contribution is 1.22. The van der Waals surface area contributed by atoms with Crippen LogP contribution in [-0.4, -0.2) is 15.0 Å². The summed E-state index contributed by atoms with van der Waals surface area (Å²) in [6.45, 7) is 1.68. The Morgan fingerprint density at radius 3 is 1.52 bits per heavy atom. The maximum absolute atomic E-state index is 9.40. The summed E-state index contributed by atoms with van der Waals surface area (Å²) >= 11 is 0. The van der Waals surface area contributed by atoms with Gasteiger partial charge in [-0.1, -0.05) is 0 Å². The van der Waals surface area contributed by atoms with Crippen LogP contribution < -0.4 is 0 Å². The lowest BCUT2D eigenvalue weighted by Gasteiger charge is -2.11. The monoisotopic (exact) mass is 370 g/mol. The van der Waals surface area contributed by atoms with Crippen molar-refractivity contribution in [2.24, 2.45) is 0 Å². The molecule has 0 aliphatic carbocycles. The second-order valence-corrected chi connectivity index (χ2v) is 6.14. The quantitative estimate of drug-likeness (QED) is 0.427. The molecule has 0 aliphatic rings. The van der Waals surface area contributed by atoms with Crippen LogP contribution in [0.1, 0.15) is 33.8 Å². The Labute approximate surface area is 163 Å². The smallest absolute Gasteiger partial charge is 0.159 e. The Hall–Kier alpha value is -5.10. The van der Waals surface area contributed by atoms with E-state index in [0.717, 1.165) is 0 Å². The summed E-state index contributed by atoms with van der Waals surface area (Å²) in [5.41, 5.74) is 1.96. The molecule has 1 aromatic carbocycles. The van der Waals surface area contributed by atoms with Crippen molar-refractivity contribution in [1.82, 2.24) is 15.0 Å². The third-order valence-electron chi connectivity index (χ3n) is 4.60. The van der Waals surface area contributed by atoms with Gasteiger partial charge in [-0.25, -0.2) is 15.0 Å². The van der Waals surface area contributed by atoms with Crippen molar-refractivity contribution in [2.45, 2.75) is 6.92 Å². The number of aryl methyl sites for hydroxylation is 1. The summed E-state index contributed by atoms with van der Waals surface area (Å²) < 4.78 is 0. The number of benzene rings is 1. The van der Waals surface area contributed by atoms with Gasteiger partial charge in [0.2, 0.25) is 0 Å². The maximum atomic E-state index is 9.40. The molecular weight excluding hydrogens is 364 g/mol. The number of rotatable bonds is 0. The summed E-state index contributed by atoms with van der Waals surface area (Å²) in [7, 11) is 0. The lowest BCUT2D eigenvalue weighted by atomic mass is 9.98. The fraction of sp³-hybridized carbons (Fsp3) is 0.0476. The normalized spacial score (nSPS) is 10.1. The van der Waals surface area contributed by atoms with Crippen LogP contribution in [0.15, 0.2) is 18.2 Å². The minimum Gasteiger partial charge on any atom is -0.249 e. The predicted octanol–water partition coefficient (Wildman–Crippen LogP) is 3.00. The lowest BCUT2D eigenvalue weighted by Crippen LogP contribution is -1.99. The highest BCUT2D eigenvalue weighted by molar-refractivity contribution is 6.22. The molecule has 0 atom stereocenters. The average Bonchev–Trinajstić information content (AvgIpc) is 2.76. The highest BCUT2D eigenvalue weighted by Gasteiger charge is 2.19. The molecule has 29 heavy (non-hydrogen) atoms. The van der Waals surface area contributed by atoms with Crippen LogP contribution in [0.5, 0.6) is 0 Å². The Morgan fingerprint density at radius 2 is 1.00 bits per heavy atom. The van der Waals surface area contributed by atoms with E-state index in [2.05, 4.69) is 21.0 Å². The molecule has 4 aromatic rings. The molecule has 0 saturated heterocycles. The van der Waals surface area contributed by atoms with E-state index in [9.17, 15) is 26.3 Å². The molecule has 0 N–H and O–H groups in total. The van der Waals surface area contributed by atoms with Crippen LogP contribution in [0.4, 0.5) is 0 Å². The highest BCUT2D eigenvalue weighted by Crippen LogP contribution is 2.35. The molecule has 0 fully saturated rings. The molecule has 0 radical (unpaired) electrons. The molecule has 0 unspecified atom stereocenters. The van der Waals surface area contributed by atoms with Crippen LogP contribution >= 0.6 is 0 Å². The largest absolute Gasteiger partial charge is 0.249 e. The number of hydrogen-bond donors (Lipinski definition) is 0. The first-order valence-corrected chi connectivity index (χ1v) is 8.19. The number of nitrogens with zero attached hydrogens (tertiary/aromatic N) is 8. The van der Waals surface area contributed by atoms with Crippen LogP contribution in [0.3, 0.4) is 0 Å². The van der Waals surface area contributed by atoms with Crippen LogP contribution in [0.25, 0.3) is 32.7 Å². The molecule has 4 rings (SSSR count). The van der Waals surface area contributed by atoms with E-state index < -0.39 is 0 Å². The van der Waals surface area contributed by atoms with Gasteiger partial charge in [-0.3, -0.25) is 0 Å². The predicted molar refractivity (Wildman–Crippen MR) is 101 cm³/mol. The maximum Gasteiger partial charge on any atom is 0.159 e. The first-order valence-electron chi connectivity index (χ1n) is 8.19. The van der Waals surface area contributed by atoms with Gasteiger partial charge >= 0.3 is 0 Å². The second kappa shape index (κ2) is 6.26. The van der Waals surface area contributed by atoms with Crippen LogP contribution in [0.2, 0.25) is 0 Å². The molecule has 130 valence electrons. The van der Waals surface area contributed by atoms with E-state index in [1.807, 2.05) is 24.3 Å². The summed E-state index contributed by atoms with van der Waals surface area (Å²) in [6, 6.07) is 14.4. The van der Waals surface area contributed by atoms with E-state index in [-0.39, 0.29) is 22.5 Å². The van der Waals surface area contributed by atoms with E-state index >= 15 is 0 Å². The first kappa shape index (κ1) is 17.3. The third kappa shape index (κ3) is 2.37. The average molecular weight is 370 g/mol. The van der Waals surface area contributed by atoms with Crippen molar-refractivity contribution in [2.75, 3.05) is 0 Å². The SMILES string of the molecule is Cc1nc2c(cc1C#N)c1nc(C#N)c(C#N)cc1c1cc(C#N)c(C#N)nc12. The standard InChI is InChI=1S/C21H6N8/c1-10-11(5-22)2-16-19-14(3-12(6-23)17(8-25)28-19)15-4-13(7-24)18(9-26)29-20(15)21(16)27-10/h2-4H,1H3. The van der Waals surface area contributed by atoms with Crippen molar-refractivity contribution >= 4 is 32.7 Å². The van der Waals surface area contributed by atoms with Gasteiger partial charge in [0.05, 0.1) is 38.9 Å². The number of hydrogen-bond acceptors (Lipinski definition) is 8. The fourth-order valence-electron chi connectivity index (χ4n) is 3.24. The van der Waals surface area contributed by atoms with E-state index in [0.29, 0.717) is 44.0 Å². The molecule has 3 aromatic heterocycles. The Kier molecular flexibility index (Phi) is 3.74. The number of nitriles is 5. The van der Waals surface area contributed by atoms with Gasteiger partial charge in [0.25, 0.3) is 0 Å². The summed E-state index contributed by atoms with van der Waals surface area (Å²) in [5.74, 6) is 0. The van der Waals surface area contributed by atoms with Crippen molar-refractivity contribution in [3.63, 3.8) is 0 Å². The minimum atomic E-state index is -0.0538. The van der Waals surface area contributed by atoms with Gasteiger partial charge in [0.1, 0.15) is 30.3 Å². The minimum absolute atomic E-state index is 0.0495. The molecule has 0 bridgehead atoms. The molecule has 8 heteroatoms. The van der Waals surface area contributed by atoms with E-state index in [1.165, 1.54) is 12.1 Å². The Bertz CT molecular complexity index is 1560. The topological polar surface area (TPSA) is 158 Å². The van der Waals surface area contributed by atoms with Crippen LogP contribution in [-0.2, 0) is 0 Å². The molecule has 3 heterocycles. The molecule has 0 saturated carbocycles. The third-order valence-corrected chi connectivity index (χ3v) is 4.60. The Morgan fingerprint density at radius 1 is 0.552 bits per heavy atom. The van der Waals surface area contributed by atoms with E-state index in [4.69, 9.17) is 0 Å².